The largest absolute Gasteiger partial charge is 0.492 e. The van der Waals surface area contributed by atoms with Crippen LogP contribution in [-0.4, -0.2) is 4.98 Å². The second-order valence-electron chi connectivity index (χ2n) is 5.06. The van der Waals surface area contributed by atoms with Crippen LogP contribution in [0.1, 0.15) is 68.0 Å². The fourth-order valence-electron chi connectivity index (χ4n) is 2.01. The van der Waals surface area contributed by atoms with Crippen molar-refractivity contribution in [3.05, 3.63) is 89.3 Å². The summed E-state index contributed by atoms with van der Waals surface area (Å²) in [6, 6.07) is 3.99. The summed E-state index contributed by atoms with van der Waals surface area (Å²) >= 11 is 0. The molecule has 0 aliphatic heterocycles. The molecule has 0 aromatic carbocycles. The monoisotopic (exact) mass is 397 g/mol. The van der Waals surface area contributed by atoms with Gasteiger partial charge in [0.25, 0.3) is 0 Å². The predicted octanol–water partition coefficient (Wildman–Crippen LogP) is 7.04. The molecule has 29 heavy (non-hydrogen) atoms. The first-order valence-corrected chi connectivity index (χ1v) is 10.6. The van der Waals surface area contributed by atoms with Gasteiger partial charge in [-0.2, -0.15) is 0 Å². The first kappa shape index (κ1) is 31.1. The third kappa shape index (κ3) is 13.2. The Morgan fingerprint density at radius 2 is 1.55 bits per heavy atom. The van der Waals surface area contributed by atoms with Crippen LogP contribution < -0.4 is 10.6 Å². The van der Waals surface area contributed by atoms with E-state index in [0.717, 1.165) is 33.2 Å². The summed E-state index contributed by atoms with van der Waals surface area (Å²) in [6.07, 6.45) is 11.2. The zero-order valence-electron chi connectivity index (χ0n) is 20.3. The molecule has 0 aliphatic rings. The lowest BCUT2D eigenvalue weighted by Crippen LogP contribution is -2.28. The standard InChI is InChI=1S/C21H25NO.3C2H6/c1-7-11-19-12-13-20(22-21(19)10-4)15-23-17(6)14-18(9-3)16(5)8-2;3*1-2/h7-14H,1-3,15H2,4-6H3;3*1-2H3/b17-14+,18-16+,19-11-,21-10+;;;. The molecule has 0 fully saturated rings. The van der Waals surface area contributed by atoms with Crippen LogP contribution in [0.2, 0.25) is 0 Å². The fourth-order valence-corrected chi connectivity index (χ4v) is 2.01. The highest BCUT2D eigenvalue weighted by Gasteiger charge is 1.99. The maximum Gasteiger partial charge on any atom is 0.130 e. The van der Waals surface area contributed by atoms with E-state index in [2.05, 4.69) is 24.7 Å². The van der Waals surface area contributed by atoms with E-state index in [1.165, 1.54) is 0 Å². The van der Waals surface area contributed by atoms with Crippen LogP contribution in [0.15, 0.2) is 73.1 Å². The van der Waals surface area contributed by atoms with Crippen molar-refractivity contribution < 1.29 is 4.74 Å². The van der Waals surface area contributed by atoms with Crippen molar-refractivity contribution in [2.75, 3.05) is 0 Å². The zero-order chi connectivity index (χ0) is 23.2. The molecule has 0 bridgehead atoms. The van der Waals surface area contributed by atoms with Crippen molar-refractivity contribution in [3.63, 3.8) is 0 Å². The Hall–Kier alpha value is -2.61. The quantitative estimate of drug-likeness (QED) is 0.364. The lowest BCUT2D eigenvalue weighted by molar-refractivity contribution is 0.197. The van der Waals surface area contributed by atoms with Gasteiger partial charge in [0.05, 0.1) is 16.8 Å². The lowest BCUT2D eigenvalue weighted by atomic mass is 10.1. The Bertz CT molecular complexity index is 764. The highest BCUT2D eigenvalue weighted by Crippen LogP contribution is 2.12. The summed E-state index contributed by atoms with van der Waals surface area (Å²) in [5, 5.41) is 1.99. The number of allylic oxidation sites excluding steroid dienone is 7. The maximum absolute atomic E-state index is 5.79. The van der Waals surface area contributed by atoms with Crippen molar-refractivity contribution in [2.45, 2.75) is 68.9 Å². The molecule has 0 spiro atoms. The number of pyridine rings is 1. The van der Waals surface area contributed by atoms with Crippen LogP contribution in [0.25, 0.3) is 12.2 Å². The molecule has 0 atom stereocenters. The third-order valence-corrected chi connectivity index (χ3v) is 3.37. The van der Waals surface area contributed by atoms with Gasteiger partial charge in [-0.25, -0.2) is 4.98 Å². The van der Waals surface area contributed by atoms with Crippen LogP contribution in [0.4, 0.5) is 0 Å². The molecule has 0 N–H and O–H groups in total. The van der Waals surface area contributed by atoms with Crippen LogP contribution in [0, 0.1) is 0 Å². The van der Waals surface area contributed by atoms with E-state index in [4.69, 9.17) is 4.74 Å². The molecular formula is C27H43NO. The second kappa shape index (κ2) is 21.7. The molecule has 0 aliphatic carbocycles. The van der Waals surface area contributed by atoms with E-state index in [0.29, 0.717) is 6.61 Å². The van der Waals surface area contributed by atoms with Gasteiger partial charge in [0.2, 0.25) is 0 Å². The number of aromatic nitrogens is 1. The molecule has 162 valence electrons. The van der Waals surface area contributed by atoms with Crippen molar-refractivity contribution >= 4 is 12.2 Å². The van der Waals surface area contributed by atoms with Gasteiger partial charge in [-0.3, -0.25) is 0 Å². The number of hydrogen-bond donors (Lipinski definition) is 0. The number of hydrogen-bond acceptors (Lipinski definition) is 2. The van der Waals surface area contributed by atoms with Crippen molar-refractivity contribution in [1.82, 2.24) is 4.98 Å². The van der Waals surface area contributed by atoms with E-state index in [9.17, 15) is 0 Å². The van der Waals surface area contributed by atoms with E-state index in [1.54, 1.807) is 18.2 Å². The SMILES string of the molecule is C=C/C=c1/ccc(CO/C(C)=C/C(C=C)=C(\C)C=C)n/c1=C/C.CC.CC.CC. The fraction of sp³-hybridized carbons (Fsp3) is 0.370. The predicted molar refractivity (Wildman–Crippen MR) is 134 cm³/mol. The Morgan fingerprint density at radius 3 is 2.00 bits per heavy atom. The maximum atomic E-state index is 5.79. The molecule has 0 radical (unpaired) electrons. The number of ether oxygens (including phenoxy) is 1. The molecule has 0 saturated carbocycles. The van der Waals surface area contributed by atoms with Crippen LogP contribution >= 0.6 is 0 Å². The van der Waals surface area contributed by atoms with Crippen molar-refractivity contribution in [1.29, 1.82) is 0 Å². The summed E-state index contributed by atoms with van der Waals surface area (Å²) in [5.41, 5.74) is 2.95. The first-order valence-electron chi connectivity index (χ1n) is 10.6. The molecule has 2 nitrogen and oxygen atoms in total. The Labute approximate surface area is 180 Å². The molecule has 1 aromatic heterocycles. The average Bonchev–Trinajstić information content (AvgIpc) is 2.80. The molecule has 0 amide bonds. The molecule has 1 heterocycles. The van der Waals surface area contributed by atoms with Gasteiger partial charge in [0, 0.05) is 0 Å². The minimum absolute atomic E-state index is 0.426. The van der Waals surface area contributed by atoms with Gasteiger partial charge in [-0.15, -0.1) is 0 Å². The van der Waals surface area contributed by atoms with Crippen molar-refractivity contribution in [3.8, 4) is 0 Å². The Morgan fingerprint density at radius 1 is 0.966 bits per heavy atom. The molecule has 0 unspecified atom stereocenters. The Kier molecular flexibility index (Phi) is 23.3. The summed E-state index contributed by atoms with van der Waals surface area (Å²) in [4.78, 5) is 4.60. The summed E-state index contributed by atoms with van der Waals surface area (Å²) in [5.74, 6) is 0.812. The lowest BCUT2D eigenvalue weighted by Gasteiger charge is -2.07. The highest BCUT2D eigenvalue weighted by molar-refractivity contribution is 5.39. The summed E-state index contributed by atoms with van der Waals surface area (Å²) in [6.45, 7) is 29.6. The highest BCUT2D eigenvalue weighted by atomic mass is 16.5. The van der Waals surface area contributed by atoms with E-state index in [-0.39, 0.29) is 0 Å². The van der Waals surface area contributed by atoms with E-state index >= 15 is 0 Å². The molecule has 0 saturated heterocycles. The molecule has 1 rings (SSSR count). The third-order valence-electron chi connectivity index (χ3n) is 3.37. The first-order chi connectivity index (χ1) is 14.0. The number of rotatable bonds is 7. The van der Waals surface area contributed by atoms with Crippen LogP contribution in [0.3, 0.4) is 0 Å². The van der Waals surface area contributed by atoms with Gasteiger partial charge < -0.3 is 4.74 Å². The smallest absolute Gasteiger partial charge is 0.130 e. The van der Waals surface area contributed by atoms with Gasteiger partial charge in [-0.05, 0) is 49.3 Å². The minimum atomic E-state index is 0.426. The molecular weight excluding hydrogens is 354 g/mol. The summed E-state index contributed by atoms with van der Waals surface area (Å²) in [7, 11) is 0. The van der Waals surface area contributed by atoms with Crippen LogP contribution in [0.5, 0.6) is 0 Å². The molecule has 1 aromatic rings. The van der Waals surface area contributed by atoms with Crippen molar-refractivity contribution in [2.24, 2.45) is 0 Å². The zero-order valence-corrected chi connectivity index (χ0v) is 20.3. The average molecular weight is 398 g/mol. The Balaban J connectivity index is -0.00000103. The van der Waals surface area contributed by atoms with Gasteiger partial charge in [-0.1, -0.05) is 97.7 Å². The van der Waals surface area contributed by atoms with Gasteiger partial charge in [0.15, 0.2) is 0 Å². The van der Waals surface area contributed by atoms with Gasteiger partial charge >= 0.3 is 0 Å². The normalized spacial score (nSPS) is 12.0. The second-order valence-corrected chi connectivity index (χ2v) is 5.06. The summed E-state index contributed by atoms with van der Waals surface area (Å²) < 4.78 is 5.79. The van der Waals surface area contributed by atoms with E-state index in [1.807, 2.05) is 92.7 Å². The minimum Gasteiger partial charge on any atom is -0.492 e. The number of nitrogens with zero attached hydrogens (tertiary/aromatic N) is 1. The van der Waals surface area contributed by atoms with Crippen LogP contribution in [-0.2, 0) is 11.3 Å². The topological polar surface area (TPSA) is 22.1 Å². The van der Waals surface area contributed by atoms with E-state index < -0.39 is 0 Å². The van der Waals surface area contributed by atoms with Gasteiger partial charge in [0.1, 0.15) is 6.61 Å². The molecule has 2 heteroatoms.